The highest BCUT2D eigenvalue weighted by Gasteiger charge is 2.40. The predicted octanol–water partition coefficient (Wildman–Crippen LogP) is 2.29. The molecule has 0 aromatic carbocycles. The van der Waals surface area contributed by atoms with Gasteiger partial charge in [-0.15, -0.1) is 11.8 Å². The Morgan fingerprint density at radius 1 is 1.29 bits per heavy atom. The number of rotatable bonds is 5. The molecule has 0 radical (unpaired) electrons. The Bertz CT molecular complexity index is 298. The molecule has 96 valence electrons. The molecule has 2 heteroatoms. The van der Waals surface area contributed by atoms with E-state index in [0.29, 0.717) is 0 Å². The molecule has 2 aliphatic carbocycles. The van der Waals surface area contributed by atoms with Crippen molar-refractivity contribution < 1.29 is 0 Å². The van der Waals surface area contributed by atoms with Gasteiger partial charge in [0.1, 0.15) is 0 Å². The van der Waals surface area contributed by atoms with E-state index in [4.69, 9.17) is 5.73 Å². The van der Waals surface area contributed by atoms with E-state index in [-0.39, 0.29) is 5.54 Å². The van der Waals surface area contributed by atoms with Crippen LogP contribution in [0.15, 0.2) is 0 Å². The van der Waals surface area contributed by atoms with Gasteiger partial charge in [-0.2, -0.15) is 0 Å². The number of nitrogens with two attached hydrogens (primary N) is 1. The zero-order chi connectivity index (χ0) is 12.1. The van der Waals surface area contributed by atoms with Gasteiger partial charge in [0.25, 0.3) is 0 Å². The number of nitrogens with one attached hydrogen (secondary N) is 1. The van der Waals surface area contributed by atoms with Crippen molar-refractivity contribution in [2.75, 3.05) is 13.1 Å². The van der Waals surface area contributed by atoms with Crippen LogP contribution < -0.4 is 11.1 Å². The molecule has 0 amide bonds. The molecule has 2 rings (SSSR count). The minimum absolute atomic E-state index is 0.223. The first-order chi connectivity index (χ1) is 8.29. The molecule has 3 N–H and O–H groups in total. The Morgan fingerprint density at radius 2 is 2.12 bits per heavy atom. The highest BCUT2D eigenvalue weighted by atomic mass is 15.0. The molecule has 0 heterocycles. The summed E-state index contributed by atoms with van der Waals surface area (Å²) in [6.45, 7) is 3.69. The minimum Gasteiger partial charge on any atom is -0.329 e. The Hall–Kier alpha value is -0.520. The first-order valence-electron chi connectivity index (χ1n) is 7.14. The van der Waals surface area contributed by atoms with Gasteiger partial charge in [0.2, 0.25) is 0 Å². The number of hydrogen-bond acceptors (Lipinski definition) is 2. The van der Waals surface area contributed by atoms with Crippen LogP contribution in [-0.4, -0.2) is 18.6 Å². The van der Waals surface area contributed by atoms with Crippen molar-refractivity contribution in [3.05, 3.63) is 0 Å². The SMILES string of the molecule is CC#CCCNC1(CN)CCCC(C2CC2)C1. The molecule has 0 bridgehead atoms. The molecule has 2 nitrogen and oxygen atoms in total. The highest BCUT2D eigenvalue weighted by molar-refractivity contribution is 5.00. The summed E-state index contributed by atoms with van der Waals surface area (Å²) in [4.78, 5) is 0. The Kier molecular flexibility index (Phi) is 4.48. The van der Waals surface area contributed by atoms with Crippen LogP contribution in [0.1, 0.15) is 51.9 Å². The van der Waals surface area contributed by atoms with E-state index in [9.17, 15) is 0 Å². The fourth-order valence-electron chi connectivity index (χ4n) is 3.31. The van der Waals surface area contributed by atoms with Crippen molar-refractivity contribution in [3.63, 3.8) is 0 Å². The van der Waals surface area contributed by atoms with Gasteiger partial charge in [0.15, 0.2) is 0 Å². The molecule has 0 spiro atoms. The summed E-state index contributed by atoms with van der Waals surface area (Å²) in [6.07, 6.45) is 9.22. The van der Waals surface area contributed by atoms with Gasteiger partial charge in [-0.05, 0) is 44.4 Å². The van der Waals surface area contributed by atoms with Gasteiger partial charge in [-0.25, -0.2) is 0 Å². The van der Waals surface area contributed by atoms with Crippen LogP contribution in [0.5, 0.6) is 0 Å². The zero-order valence-electron chi connectivity index (χ0n) is 11.1. The summed E-state index contributed by atoms with van der Waals surface area (Å²) in [6, 6.07) is 0. The van der Waals surface area contributed by atoms with E-state index in [2.05, 4.69) is 17.2 Å². The van der Waals surface area contributed by atoms with E-state index in [1.165, 1.54) is 38.5 Å². The Morgan fingerprint density at radius 3 is 2.76 bits per heavy atom. The summed E-state index contributed by atoms with van der Waals surface area (Å²) in [7, 11) is 0. The fraction of sp³-hybridized carbons (Fsp3) is 0.867. The predicted molar refractivity (Wildman–Crippen MR) is 72.5 cm³/mol. The van der Waals surface area contributed by atoms with Crippen molar-refractivity contribution in [2.24, 2.45) is 17.6 Å². The zero-order valence-corrected chi connectivity index (χ0v) is 11.1. The van der Waals surface area contributed by atoms with Crippen LogP contribution in [0.4, 0.5) is 0 Å². The molecular weight excluding hydrogens is 208 g/mol. The lowest BCUT2D eigenvalue weighted by atomic mass is 9.73. The van der Waals surface area contributed by atoms with Crippen molar-refractivity contribution in [1.29, 1.82) is 0 Å². The van der Waals surface area contributed by atoms with Crippen molar-refractivity contribution in [1.82, 2.24) is 5.32 Å². The van der Waals surface area contributed by atoms with Crippen LogP contribution in [0.2, 0.25) is 0 Å². The molecular formula is C15H26N2. The van der Waals surface area contributed by atoms with E-state index in [1.54, 1.807) is 0 Å². The first-order valence-corrected chi connectivity index (χ1v) is 7.14. The van der Waals surface area contributed by atoms with Gasteiger partial charge < -0.3 is 11.1 Å². The smallest absolute Gasteiger partial charge is 0.0307 e. The Balaban J connectivity index is 1.84. The van der Waals surface area contributed by atoms with E-state index in [0.717, 1.165) is 31.3 Å². The van der Waals surface area contributed by atoms with E-state index < -0.39 is 0 Å². The molecule has 2 aliphatic rings. The quantitative estimate of drug-likeness (QED) is 0.566. The molecule has 2 saturated carbocycles. The Labute approximate surface area is 106 Å². The molecule has 2 unspecified atom stereocenters. The average molecular weight is 234 g/mol. The maximum Gasteiger partial charge on any atom is 0.0307 e. The van der Waals surface area contributed by atoms with Crippen LogP contribution in [0.25, 0.3) is 0 Å². The van der Waals surface area contributed by atoms with Crippen LogP contribution in [0.3, 0.4) is 0 Å². The summed E-state index contributed by atoms with van der Waals surface area (Å²) in [5.41, 5.74) is 6.26. The number of hydrogen-bond donors (Lipinski definition) is 2. The third-order valence-electron chi connectivity index (χ3n) is 4.49. The van der Waals surface area contributed by atoms with Crippen molar-refractivity contribution >= 4 is 0 Å². The molecule has 0 saturated heterocycles. The summed E-state index contributed by atoms with van der Waals surface area (Å²) >= 11 is 0. The van der Waals surface area contributed by atoms with Crippen molar-refractivity contribution in [2.45, 2.75) is 57.4 Å². The van der Waals surface area contributed by atoms with Gasteiger partial charge in [-0.3, -0.25) is 0 Å². The van der Waals surface area contributed by atoms with Gasteiger partial charge >= 0.3 is 0 Å². The summed E-state index contributed by atoms with van der Waals surface area (Å²) < 4.78 is 0. The largest absolute Gasteiger partial charge is 0.329 e. The molecule has 2 atom stereocenters. The highest BCUT2D eigenvalue weighted by Crippen LogP contribution is 2.46. The molecule has 0 aromatic rings. The topological polar surface area (TPSA) is 38.0 Å². The summed E-state index contributed by atoms with van der Waals surface area (Å²) in [5, 5.41) is 3.70. The van der Waals surface area contributed by atoms with Crippen LogP contribution >= 0.6 is 0 Å². The first kappa shape index (κ1) is 12.9. The normalized spacial score (nSPS) is 32.9. The maximum atomic E-state index is 6.04. The lowest BCUT2D eigenvalue weighted by Gasteiger charge is -2.41. The monoisotopic (exact) mass is 234 g/mol. The maximum absolute atomic E-state index is 6.04. The van der Waals surface area contributed by atoms with Gasteiger partial charge in [0.05, 0.1) is 0 Å². The van der Waals surface area contributed by atoms with Crippen LogP contribution in [-0.2, 0) is 0 Å². The second kappa shape index (κ2) is 5.89. The minimum atomic E-state index is 0.223. The van der Waals surface area contributed by atoms with Gasteiger partial charge in [-0.1, -0.05) is 12.8 Å². The lowest BCUT2D eigenvalue weighted by molar-refractivity contribution is 0.171. The third-order valence-corrected chi connectivity index (χ3v) is 4.49. The molecule has 17 heavy (non-hydrogen) atoms. The molecule has 0 aliphatic heterocycles. The lowest BCUT2D eigenvalue weighted by Crippen LogP contribution is -2.54. The second-order valence-electron chi connectivity index (χ2n) is 5.78. The van der Waals surface area contributed by atoms with E-state index >= 15 is 0 Å². The van der Waals surface area contributed by atoms with Crippen molar-refractivity contribution in [3.8, 4) is 11.8 Å². The van der Waals surface area contributed by atoms with Gasteiger partial charge in [0, 0.05) is 25.0 Å². The fourth-order valence-corrected chi connectivity index (χ4v) is 3.31. The standard InChI is InChI=1S/C15H26N2/c1-2-3-4-10-17-15(12-16)9-5-6-14(11-15)13-7-8-13/h13-14,17H,4-12,16H2,1H3. The van der Waals surface area contributed by atoms with Crippen LogP contribution in [0, 0.1) is 23.7 Å². The third kappa shape index (κ3) is 3.47. The molecule has 0 aromatic heterocycles. The van der Waals surface area contributed by atoms with E-state index in [1.807, 2.05) is 6.92 Å². The second-order valence-corrected chi connectivity index (χ2v) is 5.78. The summed E-state index contributed by atoms with van der Waals surface area (Å²) in [5.74, 6) is 8.04. The molecule has 2 fully saturated rings. The average Bonchev–Trinajstić information content (AvgIpc) is 3.19.